The van der Waals surface area contributed by atoms with Gasteiger partial charge in [-0.2, -0.15) is 5.26 Å². The maximum absolute atomic E-state index is 13.1. The summed E-state index contributed by atoms with van der Waals surface area (Å²) in [6.45, 7) is 0. The number of hydrogen-bond acceptors (Lipinski definition) is 3. The van der Waals surface area contributed by atoms with Crippen molar-refractivity contribution >= 4 is 33.2 Å². The van der Waals surface area contributed by atoms with Crippen molar-refractivity contribution in [3.05, 3.63) is 57.3 Å². The first-order chi connectivity index (χ1) is 10.0. The van der Waals surface area contributed by atoms with Gasteiger partial charge in [0.2, 0.25) is 0 Å². The summed E-state index contributed by atoms with van der Waals surface area (Å²) in [5.74, 6) is 0.184. The monoisotopic (exact) mass is 368 g/mol. The summed E-state index contributed by atoms with van der Waals surface area (Å²) < 4.78 is 19.0. The Balaban J connectivity index is 2.26. The molecule has 3 nitrogen and oxygen atoms in total. The number of methoxy groups -OCH3 is 1. The van der Waals surface area contributed by atoms with Crippen LogP contribution in [0.1, 0.15) is 11.6 Å². The molecule has 2 rings (SSSR count). The largest absolute Gasteiger partial charge is 0.496 e. The summed E-state index contributed by atoms with van der Waals surface area (Å²) in [7, 11) is 1.57. The van der Waals surface area contributed by atoms with E-state index in [1.807, 2.05) is 0 Å². The van der Waals surface area contributed by atoms with Crippen LogP contribution in [0.2, 0.25) is 5.02 Å². The predicted octanol–water partition coefficient (Wildman–Crippen LogP) is 4.93. The SMILES string of the molecule is COc1ccc(C(C#N)Nc2ccc(F)c(Cl)c2)cc1Br. The van der Waals surface area contributed by atoms with Crippen LogP contribution >= 0.6 is 27.5 Å². The van der Waals surface area contributed by atoms with Crippen molar-refractivity contribution in [3.63, 3.8) is 0 Å². The molecule has 0 aliphatic carbocycles. The van der Waals surface area contributed by atoms with Crippen LogP contribution in [0.5, 0.6) is 5.75 Å². The molecule has 0 radical (unpaired) electrons. The Bertz CT molecular complexity index is 703. The van der Waals surface area contributed by atoms with Gasteiger partial charge in [-0.25, -0.2) is 4.39 Å². The normalized spacial score (nSPS) is 11.6. The number of nitrogens with one attached hydrogen (secondary N) is 1. The fourth-order valence-electron chi connectivity index (χ4n) is 1.80. The van der Waals surface area contributed by atoms with Crippen molar-refractivity contribution in [2.75, 3.05) is 12.4 Å². The van der Waals surface area contributed by atoms with Gasteiger partial charge in [0.25, 0.3) is 0 Å². The third kappa shape index (κ3) is 3.66. The number of benzene rings is 2. The van der Waals surface area contributed by atoms with Crippen LogP contribution in [0.25, 0.3) is 0 Å². The van der Waals surface area contributed by atoms with Crippen molar-refractivity contribution in [3.8, 4) is 11.8 Å². The van der Waals surface area contributed by atoms with Crippen LogP contribution in [0.3, 0.4) is 0 Å². The van der Waals surface area contributed by atoms with Gasteiger partial charge in [-0.1, -0.05) is 17.7 Å². The summed E-state index contributed by atoms with van der Waals surface area (Å²) in [6, 6.07) is 11.1. The van der Waals surface area contributed by atoms with Gasteiger partial charge in [-0.15, -0.1) is 0 Å². The summed E-state index contributed by atoms with van der Waals surface area (Å²) in [5, 5.41) is 12.3. The minimum absolute atomic E-state index is 0.00704. The Morgan fingerprint density at radius 2 is 2.10 bits per heavy atom. The van der Waals surface area contributed by atoms with Crippen molar-refractivity contribution < 1.29 is 9.13 Å². The van der Waals surface area contributed by atoms with Crippen LogP contribution in [-0.2, 0) is 0 Å². The van der Waals surface area contributed by atoms with Crippen molar-refractivity contribution in [1.82, 2.24) is 0 Å². The van der Waals surface area contributed by atoms with Gasteiger partial charge < -0.3 is 10.1 Å². The maximum atomic E-state index is 13.1. The van der Waals surface area contributed by atoms with Crippen LogP contribution in [-0.4, -0.2) is 7.11 Å². The highest BCUT2D eigenvalue weighted by Gasteiger charge is 2.13. The molecule has 1 atom stereocenters. The highest BCUT2D eigenvalue weighted by atomic mass is 79.9. The number of ether oxygens (including phenoxy) is 1. The number of halogens is 3. The molecule has 0 aromatic heterocycles. The third-order valence-electron chi connectivity index (χ3n) is 2.87. The van der Waals surface area contributed by atoms with Crippen LogP contribution in [0, 0.1) is 17.1 Å². The molecule has 1 unspecified atom stereocenters. The Morgan fingerprint density at radius 1 is 1.33 bits per heavy atom. The average Bonchev–Trinajstić information content (AvgIpc) is 2.48. The lowest BCUT2D eigenvalue weighted by atomic mass is 10.1. The standard InChI is InChI=1S/C15H11BrClFN2O/c1-21-15-5-2-9(6-11(15)16)14(8-19)20-10-3-4-13(18)12(17)7-10/h2-7,14,20H,1H3. The van der Waals surface area contributed by atoms with E-state index in [2.05, 4.69) is 27.3 Å². The van der Waals surface area contributed by atoms with Gasteiger partial charge in [-0.3, -0.25) is 0 Å². The molecule has 0 heterocycles. The molecule has 21 heavy (non-hydrogen) atoms. The number of nitrogens with zero attached hydrogens (tertiary/aromatic N) is 1. The van der Waals surface area contributed by atoms with E-state index in [-0.39, 0.29) is 5.02 Å². The Kier molecular flexibility index (Phi) is 5.05. The summed E-state index contributed by atoms with van der Waals surface area (Å²) in [6.07, 6.45) is 0. The van der Waals surface area contributed by atoms with Gasteiger partial charge in [0.15, 0.2) is 0 Å². The first-order valence-electron chi connectivity index (χ1n) is 6.00. The first kappa shape index (κ1) is 15.6. The fourth-order valence-corrected chi connectivity index (χ4v) is 2.54. The molecule has 0 amide bonds. The van der Waals surface area contributed by atoms with E-state index in [9.17, 15) is 9.65 Å². The van der Waals surface area contributed by atoms with E-state index in [1.165, 1.54) is 18.2 Å². The Hall–Kier alpha value is -1.77. The second-order valence-corrected chi connectivity index (χ2v) is 5.49. The first-order valence-corrected chi connectivity index (χ1v) is 7.17. The molecule has 0 fully saturated rings. The topological polar surface area (TPSA) is 45.0 Å². The molecule has 0 aliphatic rings. The molecule has 0 bridgehead atoms. The number of hydrogen-bond donors (Lipinski definition) is 1. The van der Waals surface area contributed by atoms with Gasteiger partial charge in [0, 0.05) is 5.69 Å². The number of nitriles is 1. The molecule has 1 N–H and O–H groups in total. The van der Waals surface area contributed by atoms with Gasteiger partial charge in [-0.05, 0) is 51.8 Å². The molecule has 0 saturated heterocycles. The molecule has 0 saturated carbocycles. The molecule has 6 heteroatoms. The summed E-state index contributed by atoms with van der Waals surface area (Å²) >= 11 is 9.11. The zero-order valence-corrected chi connectivity index (χ0v) is 13.4. The van der Waals surface area contributed by atoms with E-state index in [0.29, 0.717) is 11.4 Å². The number of anilines is 1. The molecule has 0 spiro atoms. The summed E-state index contributed by atoms with van der Waals surface area (Å²) in [5.41, 5.74) is 1.32. The minimum atomic E-state index is -0.589. The quantitative estimate of drug-likeness (QED) is 0.831. The lowest BCUT2D eigenvalue weighted by Crippen LogP contribution is -2.08. The van der Waals surface area contributed by atoms with Gasteiger partial charge in [0.1, 0.15) is 17.6 Å². The molecule has 0 aliphatic heterocycles. The highest BCUT2D eigenvalue weighted by Crippen LogP contribution is 2.30. The smallest absolute Gasteiger partial charge is 0.141 e. The van der Waals surface area contributed by atoms with E-state index < -0.39 is 11.9 Å². The van der Waals surface area contributed by atoms with Gasteiger partial charge in [0.05, 0.1) is 22.7 Å². The van der Waals surface area contributed by atoms with Crippen molar-refractivity contribution in [2.24, 2.45) is 0 Å². The van der Waals surface area contributed by atoms with E-state index in [1.54, 1.807) is 25.3 Å². The third-order valence-corrected chi connectivity index (χ3v) is 3.78. The van der Waals surface area contributed by atoms with Crippen LogP contribution in [0.4, 0.5) is 10.1 Å². The zero-order chi connectivity index (χ0) is 15.4. The van der Waals surface area contributed by atoms with E-state index >= 15 is 0 Å². The average molecular weight is 370 g/mol. The lowest BCUT2D eigenvalue weighted by Gasteiger charge is -2.15. The highest BCUT2D eigenvalue weighted by molar-refractivity contribution is 9.10. The van der Waals surface area contributed by atoms with Crippen molar-refractivity contribution in [2.45, 2.75) is 6.04 Å². The second kappa shape index (κ2) is 6.79. The number of rotatable bonds is 4. The molecular formula is C15H11BrClFN2O. The molecule has 2 aromatic carbocycles. The minimum Gasteiger partial charge on any atom is -0.496 e. The van der Waals surface area contributed by atoms with Crippen molar-refractivity contribution in [1.29, 1.82) is 5.26 Å². The maximum Gasteiger partial charge on any atom is 0.141 e. The second-order valence-electron chi connectivity index (χ2n) is 4.23. The Morgan fingerprint density at radius 3 is 2.67 bits per heavy atom. The zero-order valence-electron chi connectivity index (χ0n) is 11.0. The Labute approximate surface area is 135 Å². The fraction of sp³-hybridized carbons (Fsp3) is 0.133. The van der Waals surface area contributed by atoms with Gasteiger partial charge >= 0.3 is 0 Å². The van der Waals surface area contributed by atoms with Crippen LogP contribution < -0.4 is 10.1 Å². The molecule has 108 valence electrons. The van der Waals surface area contributed by atoms with Crippen LogP contribution in [0.15, 0.2) is 40.9 Å². The van der Waals surface area contributed by atoms with E-state index in [4.69, 9.17) is 16.3 Å². The molecule has 2 aromatic rings. The predicted molar refractivity (Wildman–Crippen MR) is 84.1 cm³/mol. The van der Waals surface area contributed by atoms with E-state index in [0.717, 1.165) is 10.0 Å². The lowest BCUT2D eigenvalue weighted by molar-refractivity contribution is 0.412. The summed E-state index contributed by atoms with van der Waals surface area (Å²) in [4.78, 5) is 0. The molecular weight excluding hydrogens is 359 g/mol.